The highest BCUT2D eigenvalue weighted by atomic mass is 19.1. The number of rotatable bonds is 8. The minimum absolute atomic E-state index is 0.204. The lowest BCUT2D eigenvalue weighted by Crippen LogP contribution is -2.51. The average molecular weight is 551 g/mol. The molecule has 9 heteroatoms. The number of hydrogen-bond donors (Lipinski definition) is 1. The maximum Gasteiger partial charge on any atom is 0.338 e. The number of esters is 1. The molecule has 0 aliphatic carbocycles. The van der Waals surface area contributed by atoms with E-state index in [-0.39, 0.29) is 18.5 Å². The van der Waals surface area contributed by atoms with Gasteiger partial charge in [0.25, 0.3) is 5.91 Å². The second-order valence-corrected chi connectivity index (χ2v) is 10.5. The summed E-state index contributed by atoms with van der Waals surface area (Å²) in [6.07, 6.45) is 0.710. The Morgan fingerprint density at radius 1 is 1.05 bits per heavy atom. The van der Waals surface area contributed by atoms with E-state index in [0.717, 1.165) is 5.56 Å². The fourth-order valence-corrected chi connectivity index (χ4v) is 5.33. The van der Waals surface area contributed by atoms with Crippen molar-refractivity contribution in [1.82, 2.24) is 20.0 Å². The molecule has 1 saturated heterocycles. The van der Waals surface area contributed by atoms with Crippen LogP contribution in [0.25, 0.3) is 0 Å². The van der Waals surface area contributed by atoms with Gasteiger partial charge in [-0.3, -0.25) is 14.6 Å². The highest BCUT2D eigenvalue weighted by Crippen LogP contribution is 2.33. The topological polar surface area (TPSA) is 82.2 Å². The first kappa shape index (κ1) is 29.3. The molecule has 0 bridgehead atoms. The zero-order valence-corrected chi connectivity index (χ0v) is 23.8. The van der Waals surface area contributed by atoms with Gasteiger partial charge in [0, 0.05) is 50.5 Å². The van der Waals surface area contributed by atoms with Crippen molar-refractivity contribution >= 4 is 17.9 Å². The van der Waals surface area contributed by atoms with Crippen molar-refractivity contribution in [2.24, 2.45) is 0 Å². The predicted molar refractivity (Wildman–Crippen MR) is 151 cm³/mol. The van der Waals surface area contributed by atoms with Crippen LogP contribution in [0.4, 0.5) is 9.18 Å². The smallest absolute Gasteiger partial charge is 0.338 e. The van der Waals surface area contributed by atoms with Crippen molar-refractivity contribution in [2.75, 3.05) is 45.9 Å². The van der Waals surface area contributed by atoms with Gasteiger partial charge in [0.05, 0.1) is 18.2 Å². The zero-order chi connectivity index (χ0) is 28.8. The zero-order valence-electron chi connectivity index (χ0n) is 23.8. The molecule has 1 fully saturated rings. The molecule has 2 aliphatic rings. The number of halogens is 1. The van der Waals surface area contributed by atoms with Gasteiger partial charge in [-0.05, 0) is 55.5 Å². The van der Waals surface area contributed by atoms with E-state index in [4.69, 9.17) is 4.74 Å². The molecule has 2 aliphatic heterocycles. The lowest BCUT2D eigenvalue weighted by atomic mass is 9.92. The van der Waals surface area contributed by atoms with Crippen LogP contribution >= 0.6 is 0 Å². The van der Waals surface area contributed by atoms with E-state index < -0.39 is 17.8 Å². The second-order valence-electron chi connectivity index (χ2n) is 10.5. The van der Waals surface area contributed by atoms with Crippen LogP contribution < -0.4 is 5.32 Å². The molecular formula is C31H39FN4O4. The lowest BCUT2D eigenvalue weighted by Gasteiger charge is -2.38. The van der Waals surface area contributed by atoms with Crippen LogP contribution in [0.1, 0.15) is 67.6 Å². The molecule has 0 spiro atoms. The summed E-state index contributed by atoms with van der Waals surface area (Å²) in [4.78, 5) is 45.2. The van der Waals surface area contributed by atoms with Crippen LogP contribution in [-0.4, -0.2) is 78.5 Å². The SMILES string of the molecule is CCOC(=O)C1=C(CN2CCCN(C(=O)c3cccc(F)c3)CC2)N(CC)C(=O)NC1c1ccc(C(C)C)cc1. The summed E-state index contributed by atoms with van der Waals surface area (Å²) in [6, 6.07) is 12.8. The quantitative estimate of drug-likeness (QED) is 0.482. The molecule has 1 N–H and O–H groups in total. The van der Waals surface area contributed by atoms with Crippen molar-refractivity contribution in [2.45, 2.75) is 46.1 Å². The summed E-state index contributed by atoms with van der Waals surface area (Å²) in [5, 5.41) is 3.02. The highest BCUT2D eigenvalue weighted by molar-refractivity contribution is 5.95. The van der Waals surface area contributed by atoms with E-state index in [1.807, 2.05) is 31.2 Å². The number of nitrogens with one attached hydrogen (secondary N) is 1. The third kappa shape index (κ3) is 6.53. The summed E-state index contributed by atoms with van der Waals surface area (Å²) in [6.45, 7) is 11.1. The summed E-state index contributed by atoms with van der Waals surface area (Å²) < 4.78 is 19.2. The monoisotopic (exact) mass is 550 g/mol. The molecule has 2 heterocycles. The van der Waals surface area contributed by atoms with Gasteiger partial charge in [-0.25, -0.2) is 14.0 Å². The van der Waals surface area contributed by atoms with Crippen molar-refractivity contribution in [3.63, 3.8) is 0 Å². The largest absolute Gasteiger partial charge is 0.463 e. The summed E-state index contributed by atoms with van der Waals surface area (Å²) in [7, 11) is 0. The van der Waals surface area contributed by atoms with Crippen molar-refractivity contribution in [3.8, 4) is 0 Å². The molecule has 40 heavy (non-hydrogen) atoms. The first-order valence-electron chi connectivity index (χ1n) is 14.1. The van der Waals surface area contributed by atoms with Gasteiger partial charge in [0.1, 0.15) is 5.82 Å². The number of carbonyl (C=O) groups excluding carboxylic acids is 3. The van der Waals surface area contributed by atoms with Crippen LogP contribution in [0, 0.1) is 5.82 Å². The first-order valence-corrected chi connectivity index (χ1v) is 14.1. The maximum atomic E-state index is 13.7. The summed E-state index contributed by atoms with van der Waals surface area (Å²) >= 11 is 0. The van der Waals surface area contributed by atoms with Crippen LogP contribution in [0.15, 0.2) is 59.8 Å². The first-order chi connectivity index (χ1) is 19.2. The molecule has 0 saturated carbocycles. The van der Waals surface area contributed by atoms with E-state index in [1.54, 1.807) is 22.8 Å². The number of amides is 3. The molecule has 1 unspecified atom stereocenters. The molecule has 1 atom stereocenters. The molecule has 2 aromatic carbocycles. The van der Waals surface area contributed by atoms with Gasteiger partial charge >= 0.3 is 12.0 Å². The number of nitrogens with zero attached hydrogens (tertiary/aromatic N) is 3. The molecule has 214 valence electrons. The molecule has 0 aromatic heterocycles. The summed E-state index contributed by atoms with van der Waals surface area (Å²) in [5.74, 6) is -0.738. The Kier molecular flexibility index (Phi) is 9.58. The van der Waals surface area contributed by atoms with Gasteiger partial charge in [-0.2, -0.15) is 0 Å². The molecular weight excluding hydrogens is 511 g/mol. The van der Waals surface area contributed by atoms with Gasteiger partial charge in [-0.1, -0.05) is 44.2 Å². The third-order valence-electron chi connectivity index (χ3n) is 7.51. The molecule has 0 radical (unpaired) electrons. The number of ether oxygens (including phenoxy) is 1. The van der Waals surface area contributed by atoms with Crippen LogP contribution in [0.5, 0.6) is 0 Å². The van der Waals surface area contributed by atoms with Crippen molar-refractivity contribution in [3.05, 3.63) is 82.3 Å². The Labute approximate surface area is 235 Å². The van der Waals surface area contributed by atoms with E-state index in [1.165, 1.54) is 23.8 Å². The van der Waals surface area contributed by atoms with Crippen LogP contribution in [0.2, 0.25) is 0 Å². The minimum Gasteiger partial charge on any atom is -0.463 e. The highest BCUT2D eigenvalue weighted by Gasteiger charge is 2.38. The molecule has 4 rings (SSSR count). The van der Waals surface area contributed by atoms with Crippen LogP contribution in [-0.2, 0) is 9.53 Å². The Morgan fingerprint density at radius 3 is 2.45 bits per heavy atom. The average Bonchev–Trinajstić information content (AvgIpc) is 3.18. The van der Waals surface area contributed by atoms with Crippen molar-refractivity contribution in [1.29, 1.82) is 0 Å². The number of carbonyl (C=O) groups is 3. The Hall–Kier alpha value is -3.72. The number of benzene rings is 2. The summed E-state index contributed by atoms with van der Waals surface area (Å²) in [5.41, 5.74) is 3.36. The van der Waals surface area contributed by atoms with Gasteiger partial charge in [0.2, 0.25) is 0 Å². The molecule has 2 aromatic rings. The molecule has 3 amide bonds. The van der Waals surface area contributed by atoms with Crippen molar-refractivity contribution < 1.29 is 23.5 Å². The fourth-order valence-electron chi connectivity index (χ4n) is 5.33. The Morgan fingerprint density at radius 2 is 1.80 bits per heavy atom. The number of hydrogen-bond acceptors (Lipinski definition) is 5. The van der Waals surface area contributed by atoms with E-state index in [2.05, 4.69) is 24.1 Å². The van der Waals surface area contributed by atoms with E-state index in [0.29, 0.717) is 68.4 Å². The molecule has 8 nitrogen and oxygen atoms in total. The van der Waals surface area contributed by atoms with Gasteiger partial charge in [-0.15, -0.1) is 0 Å². The van der Waals surface area contributed by atoms with E-state index >= 15 is 0 Å². The predicted octanol–water partition coefficient (Wildman–Crippen LogP) is 4.70. The Bertz CT molecular complexity index is 1260. The fraction of sp³-hybridized carbons (Fsp3) is 0.452. The number of urea groups is 1. The standard InChI is InChI=1S/C31H39FN4O4/c1-5-36-26(20-34-15-8-16-35(18-17-34)29(37)24-9-7-10-25(32)19-24)27(30(38)40-6-2)28(33-31(36)39)23-13-11-22(12-14-23)21(3)4/h7,9-14,19,21,28H,5-6,8,15-18,20H2,1-4H3,(H,33,39). The minimum atomic E-state index is -0.636. The van der Waals surface area contributed by atoms with Gasteiger partial charge < -0.3 is 15.0 Å². The maximum absolute atomic E-state index is 13.7. The van der Waals surface area contributed by atoms with Gasteiger partial charge in [0.15, 0.2) is 0 Å². The third-order valence-corrected chi connectivity index (χ3v) is 7.51. The van der Waals surface area contributed by atoms with Crippen LogP contribution in [0.3, 0.4) is 0 Å². The second kappa shape index (κ2) is 13.1. The lowest BCUT2D eigenvalue weighted by molar-refractivity contribution is -0.139. The number of likely N-dealkylation sites (N-methyl/N-ethyl adjacent to an activating group) is 1. The Balaban J connectivity index is 1.62. The van der Waals surface area contributed by atoms with E-state index in [9.17, 15) is 18.8 Å². The normalized spacial score (nSPS) is 18.6.